The van der Waals surface area contributed by atoms with E-state index in [1.165, 1.54) is 71.7 Å². The van der Waals surface area contributed by atoms with Gasteiger partial charge in [-0.15, -0.1) is 0 Å². The molecule has 64 heavy (non-hydrogen) atoms. The summed E-state index contributed by atoms with van der Waals surface area (Å²) >= 11 is 0. The molecule has 11 aromatic rings. The van der Waals surface area contributed by atoms with E-state index < -0.39 is 0 Å². The van der Waals surface area contributed by atoms with Crippen molar-refractivity contribution >= 4 is 77.8 Å². The highest BCUT2D eigenvalue weighted by atomic mass is 15.3. The van der Waals surface area contributed by atoms with Crippen molar-refractivity contribution < 1.29 is 0 Å². The highest BCUT2D eigenvalue weighted by Crippen LogP contribution is 2.57. The van der Waals surface area contributed by atoms with Gasteiger partial charge < -0.3 is 14.0 Å². The molecular formula is C58H40N6. The van der Waals surface area contributed by atoms with Crippen LogP contribution in [0.3, 0.4) is 0 Å². The van der Waals surface area contributed by atoms with Crippen molar-refractivity contribution in [3.63, 3.8) is 0 Å². The van der Waals surface area contributed by atoms with Gasteiger partial charge in [0.15, 0.2) is 0 Å². The number of nitrogens with zero attached hydrogens (tertiary/aromatic N) is 6. The molecule has 1 aliphatic heterocycles. The second-order valence-corrected chi connectivity index (χ2v) is 17.2. The quantitative estimate of drug-likeness (QED) is 0.174. The predicted octanol–water partition coefficient (Wildman–Crippen LogP) is 14.5. The van der Waals surface area contributed by atoms with Crippen LogP contribution in [0.4, 0.5) is 11.5 Å². The second kappa shape index (κ2) is 13.6. The van der Waals surface area contributed by atoms with E-state index in [4.69, 9.17) is 9.97 Å². The third kappa shape index (κ3) is 5.02. The molecule has 14 rings (SSSR count). The van der Waals surface area contributed by atoms with Gasteiger partial charge in [-0.25, -0.2) is 9.97 Å². The van der Waals surface area contributed by atoms with Crippen LogP contribution in [0.2, 0.25) is 0 Å². The molecular weight excluding hydrogens is 781 g/mol. The van der Waals surface area contributed by atoms with Crippen molar-refractivity contribution in [1.82, 2.24) is 23.7 Å². The molecule has 0 saturated heterocycles. The molecule has 0 radical (unpaired) electrons. The first-order chi connectivity index (χ1) is 31.8. The molecule has 302 valence electrons. The van der Waals surface area contributed by atoms with Gasteiger partial charge in [0.25, 0.3) is 0 Å². The minimum absolute atomic E-state index is 0.0348. The Morgan fingerprint density at radius 1 is 0.484 bits per heavy atom. The normalized spacial score (nSPS) is 16.6. The number of para-hydroxylation sites is 5. The molecule has 0 spiro atoms. The van der Waals surface area contributed by atoms with Gasteiger partial charge in [0.2, 0.25) is 0 Å². The summed E-state index contributed by atoms with van der Waals surface area (Å²) in [5, 5.41) is 6.11. The van der Waals surface area contributed by atoms with Gasteiger partial charge in [0, 0.05) is 55.5 Å². The zero-order valence-corrected chi connectivity index (χ0v) is 34.9. The average Bonchev–Trinajstić information content (AvgIpc) is 4.08. The van der Waals surface area contributed by atoms with Crippen LogP contribution >= 0.6 is 0 Å². The van der Waals surface area contributed by atoms with E-state index in [9.17, 15) is 0 Å². The van der Waals surface area contributed by atoms with E-state index in [2.05, 4.69) is 225 Å². The first-order valence-corrected chi connectivity index (χ1v) is 22.3. The molecule has 0 N–H and O–H groups in total. The Hall–Kier alpha value is -8.22. The summed E-state index contributed by atoms with van der Waals surface area (Å²) in [6, 6.07) is 63.5. The Kier molecular flexibility index (Phi) is 7.54. The monoisotopic (exact) mass is 820 g/mol. The highest BCUT2D eigenvalue weighted by Gasteiger charge is 2.44. The smallest absolute Gasteiger partial charge is 0.138 e. The van der Waals surface area contributed by atoms with Crippen molar-refractivity contribution in [3.05, 3.63) is 217 Å². The fourth-order valence-corrected chi connectivity index (χ4v) is 11.2. The third-order valence-corrected chi connectivity index (χ3v) is 13.8. The van der Waals surface area contributed by atoms with E-state index in [0.717, 1.165) is 52.6 Å². The molecule has 0 saturated carbocycles. The number of hydrogen-bond acceptors (Lipinski definition) is 3. The lowest BCUT2D eigenvalue weighted by Gasteiger charge is -2.32. The Balaban J connectivity index is 0.926. The second-order valence-electron chi connectivity index (χ2n) is 17.2. The standard InChI is InChI=1S/C58H40N6/c1-3-17-37(18-4-1)61-51-30-14-10-24-43(51)57-52(61)34-33-42-39-21-7-13-29-50(39)64(58(42)57)56-32-16-26-47(60-56)46-25-15-31-55(59-46)63-49-28-12-9-23-41(49)45-35-53-44(36-54(45)63)40-22-8-11-27-48(40)62(53)38-19-5-2-6-20-38/h1-3,5-17,19-36,42,58H,4,18H2. The number of pyridine rings is 2. The van der Waals surface area contributed by atoms with Crippen LogP contribution in [0.25, 0.3) is 89.2 Å². The Labute approximate surface area is 369 Å². The number of benzene rings is 6. The molecule has 6 nitrogen and oxygen atoms in total. The molecule has 2 aliphatic carbocycles. The van der Waals surface area contributed by atoms with Gasteiger partial charge in [-0.05, 0) is 103 Å². The molecule has 0 fully saturated rings. The molecule has 6 aromatic carbocycles. The van der Waals surface area contributed by atoms with Crippen LogP contribution in [0, 0.1) is 0 Å². The van der Waals surface area contributed by atoms with E-state index >= 15 is 0 Å². The number of hydrogen-bond donors (Lipinski definition) is 0. The van der Waals surface area contributed by atoms with Gasteiger partial charge in [-0.3, -0.25) is 4.57 Å². The van der Waals surface area contributed by atoms with Gasteiger partial charge >= 0.3 is 0 Å². The number of anilines is 2. The number of rotatable bonds is 5. The third-order valence-electron chi connectivity index (χ3n) is 13.8. The van der Waals surface area contributed by atoms with E-state index in [1.54, 1.807) is 0 Å². The minimum atomic E-state index is 0.0348. The maximum absolute atomic E-state index is 5.52. The molecule has 0 amide bonds. The Morgan fingerprint density at radius 3 is 1.83 bits per heavy atom. The first-order valence-electron chi connectivity index (χ1n) is 22.3. The SMILES string of the molecule is C1=CCCC(n2c3c(c4ccccc42)C2C(C=C3)c3ccccc3N2c2cccc(-c3cccc(-n4c5ccccc5c5cc6c(cc54)c4ccccc4n6-c4ccccc4)n3)n2)=C1. The summed E-state index contributed by atoms with van der Waals surface area (Å²) in [7, 11) is 0. The van der Waals surface area contributed by atoms with Gasteiger partial charge in [0.1, 0.15) is 11.6 Å². The minimum Gasteiger partial charge on any atom is -0.318 e. The summed E-state index contributed by atoms with van der Waals surface area (Å²) in [6.45, 7) is 0. The number of fused-ring (bicyclic) bond motifs is 13. The van der Waals surface area contributed by atoms with Crippen LogP contribution in [0.1, 0.15) is 41.6 Å². The van der Waals surface area contributed by atoms with Crippen molar-refractivity contribution in [2.75, 3.05) is 4.90 Å². The lowest BCUT2D eigenvalue weighted by Crippen LogP contribution is -2.25. The predicted molar refractivity (Wildman–Crippen MR) is 264 cm³/mol. The van der Waals surface area contributed by atoms with E-state index in [-0.39, 0.29) is 12.0 Å². The summed E-state index contributed by atoms with van der Waals surface area (Å²) in [4.78, 5) is 13.5. The Bertz CT molecular complexity index is 3820. The van der Waals surface area contributed by atoms with Crippen molar-refractivity contribution in [1.29, 1.82) is 0 Å². The first kappa shape index (κ1) is 35.4. The summed E-state index contributed by atoms with van der Waals surface area (Å²) in [6.07, 6.45) is 13.6. The summed E-state index contributed by atoms with van der Waals surface area (Å²) in [5.74, 6) is 1.95. The highest BCUT2D eigenvalue weighted by molar-refractivity contribution is 6.19. The maximum Gasteiger partial charge on any atom is 0.138 e. The van der Waals surface area contributed by atoms with Crippen LogP contribution < -0.4 is 4.90 Å². The Morgan fingerprint density at radius 2 is 1.09 bits per heavy atom. The summed E-state index contributed by atoms with van der Waals surface area (Å²) in [5.41, 5.74) is 15.2. The van der Waals surface area contributed by atoms with Gasteiger partial charge in [-0.1, -0.05) is 121 Å². The molecule has 6 heterocycles. The molecule has 6 heteroatoms. The maximum atomic E-state index is 5.52. The molecule has 2 unspecified atom stereocenters. The number of aromatic nitrogens is 5. The zero-order chi connectivity index (χ0) is 41.9. The molecule has 3 aliphatic rings. The van der Waals surface area contributed by atoms with Crippen LogP contribution in [0.5, 0.6) is 0 Å². The zero-order valence-electron chi connectivity index (χ0n) is 34.9. The van der Waals surface area contributed by atoms with Crippen molar-refractivity contribution in [2.45, 2.75) is 24.8 Å². The molecule has 5 aromatic heterocycles. The lowest BCUT2D eigenvalue weighted by atomic mass is 9.84. The van der Waals surface area contributed by atoms with Gasteiger partial charge in [0.05, 0.1) is 50.7 Å². The van der Waals surface area contributed by atoms with Crippen molar-refractivity contribution in [2.24, 2.45) is 0 Å². The largest absolute Gasteiger partial charge is 0.318 e. The van der Waals surface area contributed by atoms with Crippen LogP contribution in [0.15, 0.2) is 200 Å². The van der Waals surface area contributed by atoms with E-state index in [1.807, 2.05) is 0 Å². The fraction of sp³-hybridized carbons (Fsp3) is 0.0690. The van der Waals surface area contributed by atoms with E-state index in [0.29, 0.717) is 0 Å². The number of allylic oxidation sites excluding steroid dienone is 4. The van der Waals surface area contributed by atoms with Gasteiger partial charge in [-0.2, -0.15) is 0 Å². The average molecular weight is 821 g/mol. The lowest BCUT2D eigenvalue weighted by molar-refractivity contribution is 0.664. The molecule has 2 atom stereocenters. The topological polar surface area (TPSA) is 43.8 Å². The fourth-order valence-electron chi connectivity index (χ4n) is 11.2. The van der Waals surface area contributed by atoms with Crippen LogP contribution in [-0.2, 0) is 0 Å². The van der Waals surface area contributed by atoms with Crippen molar-refractivity contribution in [3.8, 4) is 22.9 Å². The summed E-state index contributed by atoms with van der Waals surface area (Å²) < 4.78 is 7.22. The molecule has 0 bridgehead atoms. The van der Waals surface area contributed by atoms with Crippen LogP contribution in [-0.4, -0.2) is 23.7 Å².